The lowest BCUT2D eigenvalue weighted by molar-refractivity contribution is 0.164. The van der Waals surface area contributed by atoms with E-state index < -0.39 is 15.7 Å². The molecule has 6 rings (SSSR count). The number of benzene rings is 1. The number of ether oxygens (including phenoxy) is 1. The van der Waals surface area contributed by atoms with Crippen LogP contribution in [0.1, 0.15) is 50.3 Å². The Kier molecular flexibility index (Phi) is 6.31. The highest BCUT2D eigenvalue weighted by molar-refractivity contribution is 7.90. The van der Waals surface area contributed by atoms with Gasteiger partial charge in [-0.05, 0) is 25.0 Å². The molecule has 194 valence electrons. The van der Waals surface area contributed by atoms with Gasteiger partial charge in [-0.1, -0.05) is 24.1 Å². The fraction of sp³-hybridized carbons (Fsp3) is 0.440. The Hall–Kier alpha value is -3.12. The molecule has 2 aliphatic rings. The molecule has 3 aromatic heterocycles. The van der Waals surface area contributed by atoms with Crippen LogP contribution in [0.2, 0.25) is 0 Å². The summed E-state index contributed by atoms with van der Waals surface area (Å²) in [6, 6.07) is 4.50. The third-order valence-corrected chi connectivity index (χ3v) is 9.19. The lowest BCUT2D eigenvalue weighted by Gasteiger charge is -2.30. The first-order valence-electron chi connectivity index (χ1n) is 12.3. The van der Waals surface area contributed by atoms with Crippen molar-refractivity contribution in [1.29, 1.82) is 0 Å². The molecule has 1 aliphatic carbocycles. The first kappa shape index (κ1) is 24.2. The lowest BCUT2D eigenvalue weighted by Crippen LogP contribution is -2.38. The van der Waals surface area contributed by atoms with E-state index in [1.165, 1.54) is 42.6 Å². The molecule has 0 atom stereocenters. The molecule has 1 saturated carbocycles. The topological polar surface area (TPSA) is 111 Å². The molecule has 12 heteroatoms. The Morgan fingerprint density at radius 2 is 1.89 bits per heavy atom. The number of hydrogen-bond donors (Lipinski definition) is 0. The van der Waals surface area contributed by atoms with Gasteiger partial charge in [-0.2, -0.15) is 4.98 Å². The van der Waals surface area contributed by atoms with E-state index in [4.69, 9.17) is 9.26 Å². The number of sulfone groups is 1. The molecule has 0 unspecified atom stereocenters. The highest BCUT2D eigenvalue weighted by Gasteiger charge is 2.28. The zero-order chi connectivity index (χ0) is 25.6. The van der Waals surface area contributed by atoms with Crippen LogP contribution in [0.3, 0.4) is 0 Å². The fourth-order valence-electron chi connectivity index (χ4n) is 5.08. The Morgan fingerprint density at radius 3 is 2.62 bits per heavy atom. The maximum absolute atomic E-state index is 14.9. The van der Waals surface area contributed by atoms with Crippen LogP contribution in [0, 0.1) is 5.82 Å². The second-order valence-electron chi connectivity index (χ2n) is 9.64. The zero-order valence-corrected chi connectivity index (χ0v) is 21.9. The van der Waals surface area contributed by atoms with Gasteiger partial charge in [0, 0.05) is 54.6 Å². The van der Waals surface area contributed by atoms with E-state index >= 15 is 0 Å². The van der Waals surface area contributed by atoms with Crippen LogP contribution in [0.4, 0.5) is 10.4 Å². The minimum Gasteiger partial charge on any atom is -0.473 e. The highest BCUT2D eigenvalue weighted by Crippen LogP contribution is 2.39. The predicted molar refractivity (Wildman–Crippen MR) is 137 cm³/mol. The minimum absolute atomic E-state index is 0.0390. The predicted octanol–water partition coefficient (Wildman–Crippen LogP) is 4.99. The molecule has 0 radical (unpaired) electrons. The second-order valence-corrected chi connectivity index (χ2v) is 12.5. The van der Waals surface area contributed by atoms with Crippen LogP contribution in [0.25, 0.3) is 21.3 Å². The summed E-state index contributed by atoms with van der Waals surface area (Å²) >= 11 is 1.38. The van der Waals surface area contributed by atoms with Gasteiger partial charge in [-0.25, -0.2) is 22.8 Å². The normalized spacial score (nSPS) is 17.6. The second kappa shape index (κ2) is 9.64. The molecule has 0 amide bonds. The van der Waals surface area contributed by atoms with Crippen LogP contribution in [-0.4, -0.2) is 54.0 Å². The third kappa shape index (κ3) is 4.79. The molecule has 4 heterocycles. The van der Waals surface area contributed by atoms with Crippen molar-refractivity contribution < 1.29 is 22.1 Å². The molecule has 9 nitrogen and oxygen atoms in total. The van der Waals surface area contributed by atoms with Gasteiger partial charge in [-0.3, -0.25) is 0 Å². The van der Waals surface area contributed by atoms with Crippen molar-refractivity contribution >= 4 is 37.4 Å². The van der Waals surface area contributed by atoms with Crippen molar-refractivity contribution in [2.45, 2.75) is 55.4 Å². The third-order valence-electron chi connectivity index (χ3n) is 7.12. The number of hydrogen-bond acceptors (Lipinski definition) is 10. The first-order chi connectivity index (χ1) is 17.9. The SMILES string of the molecule is CS(=O)(=O)c1ccc(-c2csc3c(OC4CCN(c5nc(C6CCCC6)no5)CC4)ncnc23)c(F)c1. The Bertz CT molecular complexity index is 1540. The van der Waals surface area contributed by atoms with Crippen molar-refractivity contribution in [2.75, 3.05) is 24.2 Å². The maximum atomic E-state index is 14.9. The smallest absolute Gasteiger partial charge is 0.324 e. The summed E-state index contributed by atoms with van der Waals surface area (Å²) in [5.74, 6) is 1.09. The maximum Gasteiger partial charge on any atom is 0.324 e. The molecule has 1 saturated heterocycles. The molecule has 1 aliphatic heterocycles. The van der Waals surface area contributed by atoms with Gasteiger partial charge in [-0.15, -0.1) is 11.3 Å². The zero-order valence-electron chi connectivity index (χ0n) is 20.3. The number of halogens is 1. The van der Waals surface area contributed by atoms with Crippen molar-refractivity contribution in [3.63, 3.8) is 0 Å². The number of nitrogens with zero attached hydrogens (tertiary/aromatic N) is 5. The quantitative estimate of drug-likeness (QED) is 0.332. The van der Waals surface area contributed by atoms with Crippen LogP contribution in [0.5, 0.6) is 5.88 Å². The fourth-order valence-corrected chi connectivity index (χ4v) is 6.66. The lowest BCUT2D eigenvalue weighted by atomic mass is 10.1. The van der Waals surface area contributed by atoms with E-state index in [0.717, 1.165) is 61.6 Å². The molecule has 0 spiro atoms. The van der Waals surface area contributed by atoms with E-state index in [1.54, 1.807) is 5.38 Å². The van der Waals surface area contributed by atoms with Gasteiger partial charge in [0.15, 0.2) is 15.7 Å². The summed E-state index contributed by atoms with van der Waals surface area (Å²) in [5, 5.41) is 6.01. The Morgan fingerprint density at radius 1 is 1.11 bits per heavy atom. The minimum atomic E-state index is -3.50. The van der Waals surface area contributed by atoms with E-state index in [0.29, 0.717) is 28.9 Å². The van der Waals surface area contributed by atoms with E-state index in [1.807, 2.05) is 0 Å². The standard InChI is InChI=1S/C25H26FN5O4S2/c1-37(32,33)17-6-7-18(20(26)12-17)19-13-36-22-21(19)27-14-28-24(22)34-16-8-10-31(11-9-16)25-29-23(30-35-25)15-4-2-3-5-15/h6-7,12-16H,2-5,8-11H2,1H3. The Labute approximate surface area is 217 Å². The molecule has 1 aromatic carbocycles. The average molecular weight is 544 g/mol. The number of rotatable bonds is 6. The summed E-state index contributed by atoms with van der Waals surface area (Å²) in [7, 11) is -3.50. The number of thiophene rings is 1. The van der Waals surface area contributed by atoms with Crippen LogP contribution in [-0.2, 0) is 9.84 Å². The summed E-state index contributed by atoms with van der Waals surface area (Å²) in [6.07, 6.45) is 8.68. The van der Waals surface area contributed by atoms with Crippen molar-refractivity contribution in [3.8, 4) is 17.0 Å². The summed E-state index contributed by atoms with van der Waals surface area (Å²) in [4.78, 5) is 15.4. The van der Waals surface area contributed by atoms with Gasteiger partial charge >= 0.3 is 6.01 Å². The summed E-state index contributed by atoms with van der Waals surface area (Å²) in [6.45, 7) is 1.47. The molecule has 37 heavy (non-hydrogen) atoms. The number of fused-ring (bicyclic) bond motifs is 1. The van der Waals surface area contributed by atoms with Crippen molar-refractivity contribution in [3.05, 3.63) is 41.5 Å². The van der Waals surface area contributed by atoms with Gasteiger partial charge in [0.05, 0.1) is 10.4 Å². The van der Waals surface area contributed by atoms with Crippen molar-refractivity contribution in [1.82, 2.24) is 20.1 Å². The summed E-state index contributed by atoms with van der Waals surface area (Å²) in [5.41, 5.74) is 1.44. The van der Waals surface area contributed by atoms with Gasteiger partial charge in [0.25, 0.3) is 0 Å². The van der Waals surface area contributed by atoms with Crippen LogP contribution < -0.4 is 9.64 Å². The summed E-state index contributed by atoms with van der Waals surface area (Å²) < 4.78 is 50.9. The average Bonchev–Trinajstić information content (AvgIpc) is 3.65. The molecular weight excluding hydrogens is 517 g/mol. The number of aromatic nitrogens is 4. The molecule has 0 bridgehead atoms. The largest absolute Gasteiger partial charge is 0.473 e. The van der Waals surface area contributed by atoms with Gasteiger partial charge < -0.3 is 14.2 Å². The molecule has 0 N–H and O–H groups in total. The first-order valence-corrected chi connectivity index (χ1v) is 15.1. The monoisotopic (exact) mass is 543 g/mol. The van der Waals surface area contributed by atoms with E-state index in [2.05, 4.69) is 25.0 Å². The number of anilines is 1. The molecule has 2 fully saturated rings. The van der Waals surface area contributed by atoms with E-state index in [9.17, 15) is 12.8 Å². The number of piperidine rings is 1. The van der Waals surface area contributed by atoms with Gasteiger partial charge in [0.1, 0.15) is 22.9 Å². The van der Waals surface area contributed by atoms with Gasteiger partial charge in [0.2, 0.25) is 5.88 Å². The van der Waals surface area contributed by atoms with E-state index in [-0.39, 0.29) is 16.6 Å². The highest BCUT2D eigenvalue weighted by atomic mass is 32.2. The molecular formula is C25H26FN5O4S2. The van der Waals surface area contributed by atoms with Crippen molar-refractivity contribution in [2.24, 2.45) is 0 Å². The van der Waals surface area contributed by atoms with Crippen LogP contribution in [0.15, 0.2) is 39.3 Å². The Balaban J connectivity index is 1.16. The van der Waals surface area contributed by atoms with Crippen LogP contribution >= 0.6 is 11.3 Å². The molecule has 4 aromatic rings.